The van der Waals surface area contributed by atoms with Crippen LogP contribution in [0.15, 0.2) is 23.1 Å². The molecular formula is C16H20ClN3O6S. The quantitative estimate of drug-likeness (QED) is 0.664. The predicted molar refractivity (Wildman–Crippen MR) is 97.0 cm³/mol. The molecule has 0 unspecified atom stereocenters. The number of esters is 1. The molecule has 0 bridgehead atoms. The Morgan fingerprint density at radius 2 is 1.96 bits per heavy atom. The Morgan fingerprint density at radius 3 is 2.52 bits per heavy atom. The summed E-state index contributed by atoms with van der Waals surface area (Å²) in [6.07, 6.45) is 0. The lowest BCUT2D eigenvalue weighted by Crippen LogP contribution is -2.37. The lowest BCUT2D eigenvalue weighted by atomic mass is 10.2. The molecule has 0 aliphatic carbocycles. The fourth-order valence-corrected chi connectivity index (χ4v) is 4.49. The van der Waals surface area contributed by atoms with Gasteiger partial charge in [0.2, 0.25) is 10.0 Å². The van der Waals surface area contributed by atoms with Crippen molar-refractivity contribution in [3.05, 3.63) is 28.8 Å². The van der Waals surface area contributed by atoms with Crippen molar-refractivity contribution in [2.24, 2.45) is 0 Å². The number of nitrogens with one attached hydrogen (secondary N) is 1. The van der Waals surface area contributed by atoms with Gasteiger partial charge < -0.3 is 10.1 Å². The molecule has 1 aliphatic heterocycles. The third-order valence-corrected chi connectivity index (χ3v) is 6.51. The number of imide groups is 1. The van der Waals surface area contributed by atoms with Crippen molar-refractivity contribution in [2.75, 3.05) is 32.8 Å². The Bertz CT molecular complexity index is 854. The van der Waals surface area contributed by atoms with Gasteiger partial charge in [0.05, 0.1) is 10.6 Å². The molecule has 3 amide bonds. The number of hydrogen-bond acceptors (Lipinski definition) is 6. The lowest BCUT2D eigenvalue weighted by molar-refractivity contribution is -0.130. The molecule has 0 saturated carbocycles. The number of ether oxygens (including phenoxy) is 1. The average Bonchev–Trinajstić information content (AvgIpc) is 3.06. The van der Waals surface area contributed by atoms with E-state index in [1.165, 1.54) is 16.4 Å². The topological polar surface area (TPSA) is 113 Å². The van der Waals surface area contributed by atoms with Crippen LogP contribution in [0.4, 0.5) is 4.79 Å². The van der Waals surface area contributed by atoms with E-state index in [0.29, 0.717) is 6.54 Å². The molecule has 1 saturated heterocycles. The Morgan fingerprint density at radius 1 is 1.30 bits per heavy atom. The number of amides is 3. The van der Waals surface area contributed by atoms with Gasteiger partial charge in [0, 0.05) is 26.2 Å². The van der Waals surface area contributed by atoms with Gasteiger partial charge in [-0.3, -0.25) is 9.69 Å². The first kappa shape index (κ1) is 21.1. The molecular weight excluding hydrogens is 398 g/mol. The highest BCUT2D eigenvalue weighted by Gasteiger charge is 2.28. The Balaban J connectivity index is 2.16. The highest BCUT2D eigenvalue weighted by molar-refractivity contribution is 7.89. The van der Waals surface area contributed by atoms with Gasteiger partial charge in [0.15, 0.2) is 6.61 Å². The maximum Gasteiger partial charge on any atom is 0.338 e. The van der Waals surface area contributed by atoms with E-state index in [-0.39, 0.29) is 35.1 Å². The largest absolute Gasteiger partial charge is 0.452 e. The summed E-state index contributed by atoms with van der Waals surface area (Å²) in [5, 5.41) is 2.44. The molecule has 0 radical (unpaired) electrons. The van der Waals surface area contributed by atoms with Crippen LogP contribution < -0.4 is 5.32 Å². The summed E-state index contributed by atoms with van der Waals surface area (Å²) < 4.78 is 31.4. The minimum absolute atomic E-state index is 0.0248. The van der Waals surface area contributed by atoms with Crippen molar-refractivity contribution < 1.29 is 27.5 Å². The van der Waals surface area contributed by atoms with Gasteiger partial charge in [-0.05, 0) is 18.2 Å². The second-order valence-corrected chi connectivity index (χ2v) is 7.90. The van der Waals surface area contributed by atoms with Crippen molar-refractivity contribution >= 4 is 39.5 Å². The molecule has 11 heteroatoms. The van der Waals surface area contributed by atoms with Crippen LogP contribution in [0.1, 0.15) is 24.2 Å². The summed E-state index contributed by atoms with van der Waals surface area (Å²) in [5.74, 6) is -1.56. The highest BCUT2D eigenvalue weighted by Crippen LogP contribution is 2.26. The molecule has 1 aliphatic rings. The molecule has 0 spiro atoms. The number of nitrogens with zero attached hydrogens (tertiary/aromatic N) is 2. The van der Waals surface area contributed by atoms with Crippen LogP contribution in [0, 0.1) is 0 Å². The summed E-state index contributed by atoms with van der Waals surface area (Å²) in [6.45, 7) is 3.77. The van der Waals surface area contributed by atoms with Gasteiger partial charge in [-0.25, -0.2) is 18.0 Å². The fraction of sp³-hybridized carbons (Fsp3) is 0.438. The molecule has 0 aromatic heterocycles. The van der Waals surface area contributed by atoms with Crippen molar-refractivity contribution in [2.45, 2.75) is 18.7 Å². The zero-order chi connectivity index (χ0) is 20.2. The number of urea groups is 1. The summed E-state index contributed by atoms with van der Waals surface area (Å²) in [6, 6.07) is 3.16. The maximum atomic E-state index is 12.7. The number of rotatable bonds is 7. The van der Waals surface area contributed by atoms with E-state index in [1.807, 2.05) is 0 Å². The second-order valence-electron chi connectivity index (χ2n) is 5.59. The Kier molecular flexibility index (Phi) is 6.79. The normalized spacial score (nSPS) is 14.4. The number of benzene rings is 1. The third-order valence-electron chi connectivity index (χ3n) is 3.97. The predicted octanol–water partition coefficient (Wildman–Crippen LogP) is 1.08. The monoisotopic (exact) mass is 417 g/mol. The van der Waals surface area contributed by atoms with Crippen LogP contribution in [0.25, 0.3) is 0 Å². The number of sulfonamides is 1. The standard InChI is InChI=1S/C16H20ClN3O6S/c1-3-19(4-2)27(24,25)13-9-11(5-6-12(13)17)15(22)26-10-14(21)20-8-7-18-16(20)23/h5-6,9H,3-4,7-8,10H2,1-2H3,(H,18,23). The van der Waals surface area contributed by atoms with Crippen LogP contribution in [0.2, 0.25) is 5.02 Å². The van der Waals surface area contributed by atoms with Gasteiger partial charge in [0.1, 0.15) is 4.90 Å². The van der Waals surface area contributed by atoms with Crippen molar-refractivity contribution in [3.63, 3.8) is 0 Å². The van der Waals surface area contributed by atoms with Crippen molar-refractivity contribution in [1.82, 2.24) is 14.5 Å². The van der Waals surface area contributed by atoms with Gasteiger partial charge >= 0.3 is 12.0 Å². The molecule has 1 aromatic carbocycles. The molecule has 148 valence electrons. The van der Waals surface area contributed by atoms with E-state index in [4.69, 9.17) is 16.3 Å². The van der Waals surface area contributed by atoms with Crippen LogP contribution in [-0.2, 0) is 19.6 Å². The molecule has 2 rings (SSSR count). The van der Waals surface area contributed by atoms with Gasteiger partial charge in [-0.2, -0.15) is 4.31 Å². The van der Waals surface area contributed by atoms with E-state index in [2.05, 4.69) is 5.32 Å². The first-order valence-electron chi connectivity index (χ1n) is 8.27. The Hall–Kier alpha value is -2.17. The molecule has 9 nitrogen and oxygen atoms in total. The van der Waals surface area contributed by atoms with E-state index in [0.717, 1.165) is 11.0 Å². The zero-order valence-corrected chi connectivity index (χ0v) is 16.5. The minimum atomic E-state index is -3.87. The number of carbonyl (C=O) groups is 3. The molecule has 0 atom stereocenters. The molecule has 1 fully saturated rings. The maximum absolute atomic E-state index is 12.7. The van der Waals surface area contributed by atoms with Crippen LogP contribution in [0.3, 0.4) is 0 Å². The van der Waals surface area contributed by atoms with E-state index in [9.17, 15) is 22.8 Å². The molecule has 27 heavy (non-hydrogen) atoms. The second kappa shape index (κ2) is 8.68. The van der Waals surface area contributed by atoms with Gasteiger partial charge in [-0.15, -0.1) is 0 Å². The summed E-state index contributed by atoms with van der Waals surface area (Å²) in [4.78, 5) is 36.2. The summed E-state index contributed by atoms with van der Waals surface area (Å²) in [7, 11) is -3.87. The van der Waals surface area contributed by atoms with Gasteiger partial charge in [0.25, 0.3) is 5.91 Å². The van der Waals surface area contributed by atoms with Crippen molar-refractivity contribution in [1.29, 1.82) is 0 Å². The number of halogens is 1. The number of hydrogen-bond donors (Lipinski definition) is 1. The molecule has 1 N–H and O–H groups in total. The van der Waals surface area contributed by atoms with E-state index < -0.39 is 34.5 Å². The average molecular weight is 418 g/mol. The third kappa shape index (κ3) is 4.57. The molecule has 1 heterocycles. The SMILES string of the molecule is CCN(CC)S(=O)(=O)c1cc(C(=O)OCC(=O)N2CCNC2=O)ccc1Cl. The first-order chi connectivity index (χ1) is 12.7. The highest BCUT2D eigenvalue weighted by atomic mass is 35.5. The van der Waals surface area contributed by atoms with Crippen molar-refractivity contribution in [3.8, 4) is 0 Å². The zero-order valence-electron chi connectivity index (χ0n) is 14.9. The fourth-order valence-electron chi connectivity index (χ4n) is 2.53. The van der Waals surface area contributed by atoms with E-state index in [1.54, 1.807) is 13.8 Å². The van der Waals surface area contributed by atoms with E-state index >= 15 is 0 Å². The van der Waals surface area contributed by atoms with Gasteiger partial charge in [-0.1, -0.05) is 25.4 Å². The smallest absolute Gasteiger partial charge is 0.338 e. The summed E-state index contributed by atoms with van der Waals surface area (Å²) in [5.41, 5.74) is -0.0659. The lowest BCUT2D eigenvalue weighted by Gasteiger charge is -2.19. The summed E-state index contributed by atoms with van der Waals surface area (Å²) >= 11 is 6.01. The number of carbonyl (C=O) groups excluding carboxylic acids is 3. The minimum Gasteiger partial charge on any atom is -0.452 e. The molecule has 1 aromatic rings. The first-order valence-corrected chi connectivity index (χ1v) is 10.1. The Labute approximate surface area is 162 Å². The van der Waals surface area contributed by atoms with Crippen LogP contribution in [-0.4, -0.2) is 68.3 Å². The van der Waals surface area contributed by atoms with Crippen LogP contribution in [0.5, 0.6) is 0 Å². The van der Waals surface area contributed by atoms with Crippen LogP contribution >= 0.6 is 11.6 Å².